The van der Waals surface area contributed by atoms with Crippen LogP contribution in [0.5, 0.6) is 5.75 Å². The molecular formula is C26H35NO4. The largest absolute Gasteiger partial charge is 0.449 e. The molecule has 0 heterocycles. The van der Waals surface area contributed by atoms with Gasteiger partial charge in [-0.2, -0.15) is 0 Å². The third kappa shape index (κ3) is 6.09. The van der Waals surface area contributed by atoms with E-state index in [9.17, 15) is 9.59 Å². The zero-order valence-corrected chi connectivity index (χ0v) is 19.9. The fourth-order valence-corrected chi connectivity index (χ4v) is 3.37. The highest BCUT2D eigenvalue weighted by atomic mass is 16.6. The van der Waals surface area contributed by atoms with Gasteiger partial charge in [-0.15, -0.1) is 0 Å². The lowest BCUT2D eigenvalue weighted by Crippen LogP contribution is -2.32. The van der Waals surface area contributed by atoms with Crippen molar-refractivity contribution >= 4 is 17.7 Å². The molecule has 5 nitrogen and oxygen atoms in total. The summed E-state index contributed by atoms with van der Waals surface area (Å²) in [5, 5.41) is 0. The van der Waals surface area contributed by atoms with Crippen molar-refractivity contribution in [1.82, 2.24) is 0 Å². The number of nitrogens with zero attached hydrogens (tertiary/aromatic N) is 1. The predicted octanol–water partition coefficient (Wildman–Crippen LogP) is 6.45. The van der Waals surface area contributed by atoms with Crippen LogP contribution < -0.4 is 9.64 Å². The van der Waals surface area contributed by atoms with Gasteiger partial charge in [0, 0.05) is 6.54 Å². The summed E-state index contributed by atoms with van der Waals surface area (Å²) in [5.41, 5.74) is 3.91. The minimum Gasteiger partial charge on any atom is -0.449 e. The third-order valence-electron chi connectivity index (χ3n) is 5.14. The summed E-state index contributed by atoms with van der Waals surface area (Å²) in [6.07, 6.45) is 1.56. The van der Waals surface area contributed by atoms with Crippen molar-refractivity contribution in [3.63, 3.8) is 0 Å². The number of carbonyl (C=O) groups excluding carboxylic acids is 2. The quantitative estimate of drug-likeness (QED) is 0.378. The number of amides is 1. The van der Waals surface area contributed by atoms with Gasteiger partial charge in [-0.3, -0.25) is 4.90 Å². The van der Waals surface area contributed by atoms with Gasteiger partial charge in [0.2, 0.25) is 0 Å². The molecule has 0 bridgehead atoms. The van der Waals surface area contributed by atoms with Crippen LogP contribution in [-0.2, 0) is 16.6 Å². The van der Waals surface area contributed by atoms with E-state index in [1.165, 1.54) is 10.5 Å². The lowest BCUT2D eigenvalue weighted by atomic mass is 9.85. The van der Waals surface area contributed by atoms with Crippen molar-refractivity contribution in [1.29, 1.82) is 0 Å². The molecule has 0 saturated heterocycles. The van der Waals surface area contributed by atoms with Gasteiger partial charge in [0.25, 0.3) is 0 Å². The van der Waals surface area contributed by atoms with Crippen molar-refractivity contribution in [3.05, 3.63) is 58.7 Å². The second-order valence-corrected chi connectivity index (χ2v) is 8.67. The number of hydrogen-bond acceptors (Lipinski definition) is 4. The van der Waals surface area contributed by atoms with Crippen LogP contribution in [0.25, 0.3) is 0 Å². The highest BCUT2D eigenvalue weighted by Crippen LogP contribution is 2.38. The SMILES string of the molecule is CCCc1ccc(C(=O)Oc2c(C)cc(C(C)(C)C)cc2N(CC)C(=O)OCC)cc1. The summed E-state index contributed by atoms with van der Waals surface area (Å²) < 4.78 is 11.1. The van der Waals surface area contributed by atoms with E-state index in [0.717, 1.165) is 24.0 Å². The van der Waals surface area contributed by atoms with Crippen LogP contribution in [0, 0.1) is 6.92 Å². The zero-order valence-electron chi connectivity index (χ0n) is 19.9. The van der Waals surface area contributed by atoms with E-state index in [1.54, 1.807) is 19.1 Å². The summed E-state index contributed by atoms with van der Waals surface area (Å²) in [4.78, 5) is 27.0. The Kier molecular flexibility index (Phi) is 8.26. The normalized spacial score (nSPS) is 11.2. The number of esters is 1. The fraction of sp³-hybridized carbons (Fsp3) is 0.462. The summed E-state index contributed by atoms with van der Waals surface area (Å²) >= 11 is 0. The van der Waals surface area contributed by atoms with Gasteiger partial charge in [0.05, 0.1) is 17.9 Å². The second kappa shape index (κ2) is 10.5. The van der Waals surface area contributed by atoms with Crippen molar-refractivity contribution in [2.45, 2.75) is 66.7 Å². The topological polar surface area (TPSA) is 55.8 Å². The molecule has 168 valence electrons. The Bertz CT molecular complexity index is 910. The van der Waals surface area contributed by atoms with E-state index < -0.39 is 12.1 Å². The molecule has 0 unspecified atom stereocenters. The maximum Gasteiger partial charge on any atom is 0.414 e. The first-order valence-corrected chi connectivity index (χ1v) is 11.0. The summed E-state index contributed by atoms with van der Waals surface area (Å²) in [6.45, 7) is 14.6. The molecule has 1 amide bonds. The van der Waals surface area contributed by atoms with Gasteiger partial charge < -0.3 is 9.47 Å². The highest BCUT2D eigenvalue weighted by Gasteiger charge is 2.26. The Labute approximate surface area is 186 Å². The smallest absolute Gasteiger partial charge is 0.414 e. The highest BCUT2D eigenvalue weighted by molar-refractivity contribution is 5.95. The molecule has 5 heteroatoms. The monoisotopic (exact) mass is 425 g/mol. The Morgan fingerprint density at radius 3 is 2.16 bits per heavy atom. The fourth-order valence-electron chi connectivity index (χ4n) is 3.37. The van der Waals surface area contributed by atoms with Gasteiger partial charge in [-0.1, -0.05) is 52.3 Å². The van der Waals surface area contributed by atoms with Crippen molar-refractivity contribution in [3.8, 4) is 5.75 Å². The van der Waals surface area contributed by atoms with Crippen LogP contribution in [0.2, 0.25) is 0 Å². The number of hydrogen-bond donors (Lipinski definition) is 0. The van der Waals surface area contributed by atoms with E-state index in [1.807, 2.05) is 38.1 Å². The Balaban J connectivity index is 2.49. The standard InChI is InChI=1S/C26H35NO4/c1-8-11-19-12-14-20(15-13-19)24(28)31-23-18(4)16-21(26(5,6)7)17-22(23)27(9-2)25(29)30-10-3/h12-17H,8-11H2,1-7H3. The first kappa shape index (κ1) is 24.4. The molecule has 0 N–H and O–H groups in total. The van der Waals surface area contributed by atoms with E-state index in [4.69, 9.17) is 9.47 Å². The lowest BCUT2D eigenvalue weighted by Gasteiger charge is -2.27. The molecule has 0 saturated carbocycles. The van der Waals surface area contributed by atoms with E-state index >= 15 is 0 Å². The Morgan fingerprint density at radius 1 is 1.00 bits per heavy atom. The van der Waals surface area contributed by atoms with Gasteiger partial charge in [0.1, 0.15) is 0 Å². The molecule has 0 aliphatic carbocycles. The van der Waals surface area contributed by atoms with Gasteiger partial charge in [-0.05, 0) is 67.5 Å². The second-order valence-electron chi connectivity index (χ2n) is 8.67. The molecule has 0 aromatic heterocycles. The number of ether oxygens (including phenoxy) is 2. The molecule has 0 aliphatic rings. The predicted molar refractivity (Wildman–Crippen MR) is 125 cm³/mol. The number of rotatable bonds is 7. The molecule has 0 atom stereocenters. The average molecular weight is 426 g/mol. The number of carbonyl (C=O) groups is 2. The van der Waals surface area contributed by atoms with E-state index in [0.29, 0.717) is 23.5 Å². The number of aryl methyl sites for hydroxylation is 2. The van der Waals surface area contributed by atoms with Gasteiger partial charge >= 0.3 is 12.1 Å². The molecule has 0 radical (unpaired) electrons. The maximum atomic E-state index is 12.9. The first-order chi connectivity index (χ1) is 14.6. The molecule has 2 rings (SSSR count). The van der Waals surface area contributed by atoms with Crippen LogP contribution in [0.3, 0.4) is 0 Å². The minimum absolute atomic E-state index is 0.134. The first-order valence-electron chi connectivity index (χ1n) is 11.0. The molecule has 2 aromatic rings. The maximum absolute atomic E-state index is 12.9. The van der Waals surface area contributed by atoms with Crippen LogP contribution in [0.4, 0.5) is 10.5 Å². The lowest BCUT2D eigenvalue weighted by molar-refractivity contribution is 0.0733. The molecular weight excluding hydrogens is 390 g/mol. The van der Waals surface area contributed by atoms with E-state index in [-0.39, 0.29) is 12.0 Å². The Morgan fingerprint density at radius 2 is 1.65 bits per heavy atom. The molecule has 0 spiro atoms. The third-order valence-corrected chi connectivity index (χ3v) is 5.14. The van der Waals surface area contributed by atoms with Gasteiger partial charge in [0.15, 0.2) is 5.75 Å². The summed E-state index contributed by atoms with van der Waals surface area (Å²) in [5.74, 6) is -0.0682. The number of anilines is 1. The van der Waals surface area contributed by atoms with E-state index in [2.05, 4.69) is 27.7 Å². The van der Waals surface area contributed by atoms with Crippen molar-refractivity contribution in [2.24, 2.45) is 0 Å². The zero-order chi connectivity index (χ0) is 23.2. The molecule has 31 heavy (non-hydrogen) atoms. The molecule has 0 fully saturated rings. The molecule has 2 aromatic carbocycles. The van der Waals surface area contributed by atoms with Crippen LogP contribution >= 0.6 is 0 Å². The van der Waals surface area contributed by atoms with Crippen LogP contribution in [0.15, 0.2) is 36.4 Å². The number of benzene rings is 2. The molecule has 0 aliphatic heterocycles. The van der Waals surface area contributed by atoms with Crippen molar-refractivity contribution < 1.29 is 19.1 Å². The summed E-state index contributed by atoms with van der Waals surface area (Å²) in [7, 11) is 0. The van der Waals surface area contributed by atoms with Crippen LogP contribution in [0.1, 0.15) is 75.0 Å². The summed E-state index contributed by atoms with van der Waals surface area (Å²) in [6, 6.07) is 11.4. The Hall–Kier alpha value is -2.82. The average Bonchev–Trinajstić information content (AvgIpc) is 2.70. The van der Waals surface area contributed by atoms with Crippen molar-refractivity contribution in [2.75, 3.05) is 18.1 Å². The van der Waals surface area contributed by atoms with Gasteiger partial charge in [-0.25, -0.2) is 9.59 Å². The van der Waals surface area contributed by atoms with Crippen LogP contribution in [-0.4, -0.2) is 25.2 Å². The minimum atomic E-state index is -0.461.